The van der Waals surface area contributed by atoms with Gasteiger partial charge in [-0.25, -0.2) is 0 Å². The summed E-state index contributed by atoms with van der Waals surface area (Å²) < 4.78 is 5.13. The highest BCUT2D eigenvalue weighted by molar-refractivity contribution is 5.75. The third-order valence-corrected chi connectivity index (χ3v) is 3.70. The molecule has 112 valence electrons. The number of hydrogen-bond acceptors (Lipinski definition) is 4. The molecule has 1 fully saturated rings. The van der Waals surface area contributed by atoms with E-state index in [0.29, 0.717) is 12.6 Å². The molecule has 1 saturated carbocycles. The van der Waals surface area contributed by atoms with Gasteiger partial charge in [0.25, 0.3) is 0 Å². The molecule has 19 heavy (non-hydrogen) atoms. The summed E-state index contributed by atoms with van der Waals surface area (Å²) in [5.41, 5.74) is 0. The van der Waals surface area contributed by atoms with Gasteiger partial charge in [0.2, 0.25) is 0 Å². The molecule has 0 bridgehead atoms. The number of hydrogen-bond donors (Lipinski definition) is 1. The summed E-state index contributed by atoms with van der Waals surface area (Å²) in [5.74, 6) is 0.761. The molecule has 0 aliphatic heterocycles. The van der Waals surface area contributed by atoms with E-state index in [1.807, 2.05) is 6.92 Å². The third-order valence-electron chi connectivity index (χ3n) is 3.70. The first-order valence-corrected chi connectivity index (χ1v) is 7.64. The van der Waals surface area contributed by atoms with Crippen LogP contribution in [0.15, 0.2) is 0 Å². The molecule has 0 aromatic carbocycles. The van der Waals surface area contributed by atoms with E-state index in [1.54, 1.807) is 0 Å². The van der Waals surface area contributed by atoms with Crippen molar-refractivity contribution in [3.63, 3.8) is 0 Å². The van der Waals surface area contributed by atoms with Gasteiger partial charge in [0.05, 0.1) is 6.61 Å². The van der Waals surface area contributed by atoms with Crippen LogP contribution in [0.1, 0.15) is 46.5 Å². The van der Waals surface area contributed by atoms with Crippen molar-refractivity contribution in [2.45, 2.75) is 58.5 Å². The quantitative estimate of drug-likeness (QED) is 0.651. The molecular formula is C15H30N2O2. The highest BCUT2D eigenvalue weighted by Gasteiger charge is 2.22. The lowest BCUT2D eigenvalue weighted by molar-refractivity contribution is -0.146. The van der Waals surface area contributed by atoms with E-state index >= 15 is 0 Å². The van der Waals surface area contributed by atoms with Gasteiger partial charge in [0, 0.05) is 12.6 Å². The molecule has 4 heteroatoms. The Morgan fingerprint density at radius 1 is 1.42 bits per heavy atom. The zero-order valence-electron chi connectivity index (χ0n) is 12.9. The minimum absolute atomic E-state index is 0.117. The van der Waals surface area contributed by atoms with Gasteiger partial charge in [-0.1, -0.05) is 20.3 Å². The van der Waals surface area contributed by atoms with Crippen molar-refractivity contribution >= 4 is 5.97 Å². The molecule has 1 N–H and O–H groups in total. The van der Waals surface area contributed by atoms with Crippen molar-refractivity contribution < 1.29 is 9.53 Å². The zero-order valence-corrected chi connectivity index (χ0v) is 12.9. The van der Waals surface area contributed by atoms with Crippen molar-refractivity contribution in [1.82, 2.24) is 10.2 Å². The van der Waals surface area contributed by atoms with Gasteiger partial charge in [-0.3, -0.25) is 4.79 Å². The number of nitrogens with zero attached hydrogens (tertiary/aromatic N) is 1. The Hall–Kier alpha value is -0.610. The number of rotatable bonds is 9. The lowest BCUT2D eigenvalue weighted by atomic mass is 9.85. The van der Waals surface area contributed by atoms with Crippen LogP contribution in [0, 0.1) is 5.92 Å². The predicted octanol–water partition coefficient (Wildman–Crippen LogP) is 2.04. The second-order valence-corrected chi connectivity index (χ2v) is 5.97. The molecule has 4 nitrogen and oxygen atoms in total. The molecule has 1 unspecified atom stereocenters. The maximum absolute atomic E-state index is 11.9. The van der Waals surface area contributed by atoms with E-state index in [9.17, 15) is 4.79 Å². The molecule has 1 aliphatic rings. The number of nitrogens with one attached hydrogen (secondary N) is 1. The molecule has 0 saturated heterocycles. The van der Waals surface area contributed by atoms with E-state index in [-0.39, 0.29) is 12.0 Å². The monoisotopic (exact) mass is 270 g/mol. The van der Waals surface area contributed by atoms with Crippen LogP contribution in [0.4, 0.5) is 0 Å². The van der Waals surface area contributed by atoms with E-state index < -0.39 is 0 Å². The minimum atomic E-state index is -0.177. The smallest absolute Gasteiger partial charge is 0.323 e. The van der Waals surface area contributed by atoms with Crippen molar-refractivity contribution in [3.8, 4) is 0 Å². The fraction of sp³-hybridized carbons (Fsp3) is 0.933. The highest BCUT2D eigenvalue weighted by Crippen LogP contribution is 2.26. The second kappa shape index (κ2) is 8.54. The highest BCUT2D eigenvalue weighted by atomic mass is 16.5. The number of carbonyl (C=O) groups is 1. The van der Waals surface area contributed by atoms with E-state index in [1.165, 1.54) is 19.3 Å². The predicted molar refractivity (Wildman–Crippen MR) is 78.1 cm³/mol. The SMILES string of the molecule is CCOC(=O)C(CCN(C)CC1CCC1)NC(C)C. The zero-order chi connectivity index (χ0) is 14.3. The minimum Gasteiger partial charge on any atom is -0.465 e. The van der Waals surface area contributed by atoms with E-state index in [4.69, 9.17) is 4.74 Å². The van der Waals surface area contributed by atoms with Crippen LogP contribution >= 0.6 is 0 Å². The van der Waals surface area contributed by atoms with Crippen LogP contribution in [0.5, 0.6) is 0 Å². The Morgan fingerprint density at radius 2 is 2.11 bits per heavy atom. The topological polar surface area (TPSA) is 41.6 Å². The van der Waals surface area contributed by atoms with Crippen LogP contribution in [-0.2, 0) is 9.53 Å². The summed E-state index contributed by atoms with van der Waals surface area (Å²) >= 11 is 0. The lowest BCUT2D eigenvalue weighted by Gasteiger charge is -2.31. The van der Waals surface area contributed by atoms with Gasteiger partial charge >= 0.3 is 5.97 Å². The van der Waals surface area contributed by atoms with E-state index in [0.717, 1.165) is 25.4 Å². The molecule has 0 aromatic rings. The van der Waals surface area contributed by atoms with Crippen LogP contribution in [-0.4, -0.2) is 49.7 Å². The molecule has 1 aliphatic carbocycles. The number of carbonyl (C=O) groups excluding carboxylic acids is 1. The lowest BCUT2D eigenvalue weighted by Crippen LogP contribution is -2.44. The molecule has 0 aromatic heterocycles. The first-order valence-electron chi connectivity index (χ1n) is 7.64. The van der Waals surface area contributed by atoms with E-state index in [2.05, 4.69) is 31.1 Å². The largest absolute Gasteiger partial charge is 0.465 e. The summed E-state index contributed by atoms with van der Waals surface area (Å²) in [6, 6.07) is 0.120. The van der Waals surface area contributed by atoms with Gasteiger partial charge < -0.3 is 15.0 Å². The molecule has 0 heterocycles. The summed E-state index contributed by atoms with van der Waals surface area (Å²) in [4.78, 5) is 14.2. The van der Waals surface area contributed by atoms with Gasteiger partial charge in [0.15, 0.2) is 0 Å². The van der Waals surface area contributed by atoms with Gasteiger partial charge in [0.1, 0.15) is 6.04 Å². The molecule has 0 amide bonds. The fourth-order valence-corrected chi connectivity index (χ4v) is 2.47. The summed E-state index contributed by atoms with van der Waals surface area (Å²) in [5, 5.41) is 3.30. The first-order chi connectivity index (χ1) is 9.02. The summed E-state index contributed by atoms with van der Waals surface area (Å²) in [6.07, 6.45) is 4.95. The van der Waals surface area contributed by atoms with Crippen LogP contribution in [0.25, 0.3) is 0 Å². The first kappa shape index (κ1) is 16.4. The third kappa shape index (κ3) is 6.39. The Labute approximate surface area is 117 Å². The molecular weight excluding hydrogens is 240 g/mol. The molecule has 1 rings (SSSR count). The normalized spacial score (nSPS) is 17.6. The maximum atomic E-state index is 11.9. The summed E-state index contributed by atoms with van der Waals surface area (Å²) in [6.45, 7) is 8.53. The van der Waals surface area contributed by atoms with Crippen molar-refractivity contribution in [2.24, 2.45) is 5.92 Å². The van der Waals surface area contributed by atoms with Gasteiger partial charge in [-0.2, -0.15) is 0 Å². The number of ether oxygens (including phenoxy) is 1. The fourth-order valence-electron chi connectivity index (χ4n) is 2.47. The summed E-state index contributed by atoms with van der Waals surface area (Å²) in [7, 11) is 2.15. The molecule has 1 atom stereocenters. The van der Waals surface area contributed by atoms with Crippen LogP contribution < -0.4 is 5.32 Å². The Bertz CT molecular complexity index is 265. The standard InChI is InChI=1S/C15H30N2O2/c1-5-19-15(18)14(16-12(2)3)9-10-17(4)11-13-7-6-8-13/h12-14,16H,5-11H2,1-4H3. The average molecular weight is 270 g/mol. The molecule has 0 radical (unpaired) electrons. The van der Waals surface area contributed by atoms with Gasteiger partial charge in [-0.15, -0.1) is 0 Å². The Morgan fingerprint density at radius 3 is 2.58 bits per heavy atom. The van der Waals surface area contributed by atoms with Crippen LogP contribution in [0.3, 0.4) is 0 Å². The van der Waals surface area contributed by atoms with Crippen molar-refractivity contribution in [2.75, 3.05) is 26.7 Å². The van der Waals surface area contributed by atoms with Gasteiger partial charge in [-0.05, 0) is 45.7 Å². The average Bonchev–Trinajstić information content (AvgIpc) is 2.29. The second-order valence-electron chi connectivity index (χ2n) is 5.97. The van der Waals surface area contributed by atoms with Crippen LogP contribution in [0.2, 0.25) is 0 Å². The Kier molecular flexibility index (Phi) is 7.39. The number of esters is 1. The van der Waals surface area contributed by atoms with Crippen molar-refractivity contribution in [3.05, 3.63) is 0 Å². The Balaban J connectivity index is 2.31. The van der Waals surface area contributed by atoms with Crippen molar-refractivity contribution in [1.29, 1.82) is 0 Å². The molecule has 0 spiro atoms. The maximum Gasteiger partial charge on any atom is 0.323 e.